The number of aliphatic hydroxyl groups is 1. The van der Waals surface area contributed by atoms with Gasteiger partial charge in [-0.1, -0.05) is 0 Å². The molecule has 1 aromatic carbocycles. The van der Waals surface area contributed by atoms with E-state index >= 15 is 0 Å². The van der Waals surface area contributed by atoms with Gasteiger partial charge in [-0.3, -0.25) is 0 Å². The molecule has 0 radical (unpaired) electrons. The van der Waals surface area contributed by atoms with Crippen molar-refractivity contribution in [3.05, 3.63) is 30.0 Å². The number of aromatic nitrogens is 1. The number of piperidine rings is 1. The van der Waals surface area contributed by atoms with Crippen molar-refractivity contribution in [1.82, 2.24) is 9.88 Å². The Bertz CT molecular complexity index is 712. The van der Waals surface area contributed by atoms with Crippen LogP contribution in [0.15, 0.2) is 24.4 Å². The van der Waals surface area contributed by atoms with Crippen LogP contribution in [0, 0.1) is 0 Å². The summed E-state index contributed by atoms with van der Waals surface area (Å²) in [6.45, 7) is 9.14. The van der Waals surface area contributed by atoms with Crippen LogP contribution in [0.4, 0.5) is 0 Å². The molecule has 1 aliphatic rings. The fourth-order valence-electron chi connectivity index (χ4n) is 3.71. The first-order valence-electron chi connectivity index (χ1n) is 9.55. The van der Waals surface area contributed by atoms with Gasteiger partial charge in [0.1, 0.15) is 5.75 Å². The summed E-state index contributed by atoms with van der Waals surface area (Å²) in [4.78, 5) is 5.74. The average molecular weight is 360 g/mol. The lowest BCUT2D eigenvalue weighted by Gasteiger charge is -2.33. The number of H-pyrrole nitrogens is 1. The number of aromatic amines is 1. The highest BCUT2D eigenvalue weighted by molar-refractivity contribution is 5.85. The second kappa shape index (κ2) is 7.99. The van der Waals surface area contributed by atoms with Crippen molar-refractivity contribution < 1.29 is 14.6 Å². The summed E-state index contributed by atoms with van der Waals surface area (Å²) in [6.07, 6.45) is 3.94. The number of hydrogen-bond donors (Lipinski definition) is 2. The van der Waals surface area contributed by atoms with E-state index in [-0.39, 0.29) is 5.60 Å². The van der Waals surface area contributed by atoms with Crippen LogP contribution < -0.4 is 4.74 Å². The van der Waals surface area contributed by atoms with Gasteiger partial charge >= 0.3 is 0 Å². The molecule has 1 aliphatic heterocycles. The second-order valence-corrected chi connectivity index (χ2v) is 8.31. The summed E-state index contributed by atoms with van der Waals surface area (Å²) < 4.78 is 11.1. The smallest absolute Gasteiger partial charge is 0.119 e. The molecule has 2 aromatic rings. The predicted molar refractivity (Wildman–Crippen MR) is 105 cm³/mol. The summed E-state index contributed by atoms with van der Waals surface area (Å²) in [5.74, 6) is 1.45. The van der Waals surface area contributed by atoms with Crippen molar-refractivity contribution in [2.24, 2.45) is 0 Å². The van der Waals surface area contributed by atoms with E-state index in [2.05, 4.69) is 28.2 Å². The van der Waals surface area contributed by atoms with Crippen molar-refractivity contribution >= 4 is 10.9 Å². The van der Waals surface area contributed by atoms with E-state index < -0.39 is 6.10 Å². The summed E-state index contributed by atoms with van der Waals surface area (Å²) >= 11 is 0. The number of aliphatic hydroxyl groups excluding tert-OH is 1. The van der Waals surface area contributed by atoms with E-state index in [0.29, 0.717) is 19.1 Å². The summed E-state index contributed by atoms with van der Waals surface area (Å²) in [7, 11) is 1.71. The first-order valence-corrected chi connectivity index (χ1v) is 9.55. The van der Waals surface area contributed by atoms with Gasteiger partial charge in [-0.15, -0.1) is 0 Å². The number of hydrogen-bond acceptors (Lipinski definition) is 4. The SMILES string of the molecule is COc1ccc2[nH]cc(C3CCN(CC(O)COC(C)(C)C)CC3)c2c1. The van der Waals surface area contributed by atoms with E-state index in [1.807, 2.05) is 26.8 Å². The van der Waals surface area contributed by atoms with Crippen molar-refractivity contribution in [3.8, 4) is 5.75 Å². The lowest BCUT2D eigenvalue weighted by molar-refractivity contribution is -0.0573. The Labute approximate surface area is 156 Å². The number of benzene rings is 1. The van der Waals surface area contributed by atoms with Gasteiger partial charge in [-0.25, -0.2) is 0 Å². The molecular weight excluding hydrogens is 328 g/mol. The molecular formula is C21H32N2O3. The van der Waals surface area contributed by atoms with Crippen LogP contribution in [0.2, 0.25) is 0 Å². The van der Waals surface area contributed by atoms with Gasteiger partial charge in [0.2, 0.25) is 0 Å². The lowest BCUT2D eigenvalue weighted by atomic mass is 9.89. The molecule has 2 heterocycles. The molecule has 0 aliphatic carbocycles. The Hall–Kier alpha value is -1.56. The molecule has 1 aromatic heterocycles. The molecule has 0 bridgehead atoms. The number of ether oxygens (including phenoxy) is 2. The second-order valence-electron chi connectivity index (χ2n) is 8.31. The Morgan fingerprint density at radius 3 is 2.65 bits per heavy atom. The quantitative estimate of drug-likeness (QED) is 0.827. The van der Waals surface area contributed by atoms with Crippen LogP contribution in [-0.4, -0.2) is 60.0 Å². The van der Waals surface area contributed by atoms with Gasteiger partial charge < -0.3 is 24.5 Å². The number of methoxy groups -OCH3 is 1. The first kappa shape index (κ1) is 19.2. The molecule has 2 N–H and O–H groups in total. The van der Waals surface area contributed by atoms with E-state index in [0.717, 1.165) is 37.2 Å². The number of likely N-dealkylation sites (tertiary alicyclic amines) is 1. The van der Waals surface area contributed by atoms with E-state index in [1.54, 1.807) is 7.11 Å². The number of nitrogens with one attached hydrogen (secondary N) is 1. The van der Waals surface area contributed by atoms with Gasteiger partial charge in [0.15, 0.2) is 0 Å². The minimum atomic E-state index is -0.428. The van der Waals surface area contributed by atoms with E-state index in [9.17, 15) is 5.11 Å². The Morgan fingerprint density at radius 2 is 2.00 bits per heavy atom. The van der Waals surface area contributed by atoms with Gasteiger partial charge in [0, 0.05) is 23.6 Å². The van der Waals surface area contributed by atoms with Crippen molar-refractivity contribution in [2.45, 2.75) is 51.2 Å². The zero-order valence-corrected chi connectivity index (χ0v) is 16.4. The van der Waals surface area contributed by atoms with Gasteiger partial charge in [-0.05, 0) is 76.4 Å². The molecule has 3 rings (SSSR count). The fourth-order valence-corrected chi connectivity index (χ4v) is 3.71. The van der Waals surface area contributed by atoms with Crippen molar-refractivity contribution in [2.75, 3.05) is 33.4 Å². The Morgan fingerprint density at radius 1 is 1.27 bits per heavy atom. The van der Waals surface area contributed by atoms with E-state index in [1.165, 1.54) is 10.9 Å². The van der Waals surface area contributed by atoms with Crippen LogP contribution in [0.1, 0.15) is 45.1 Å². The molecule has 1 atom stereocenters. The highest BCUT2D eigenvalue weighted by atomic mass is 16.5. The maximum atomic E-state index is 10.2. The normalized spacial score (nSPS) is 18.3. The maximum Gasteiger partial charge on any atom is 0.119 e. The van der Waals surface area contributed by atoms with Crippen LogP contribution in [0.3, 0.4) is 0 Å². The molecule has 26 heavy (non-hydrogen) atoms. The standard InChI is InChI=1S/C21H32N2O3/c1-21(2,3)26-14-16(24)13-23-9-7-15(8-10-23)19-12-22-20-6-5-17(25-4)11-18(19)20/h5-6,11-12,15-16,22,24H,7-10,13-14H2,1-4H3. The largest absolute Gasteiger partial charge is 0.497 e. The van der Waals surface area contributed by atoms with Crippen LogP contribution in [0.5, 0.6) is 5.75 Å². The monoisotopic (exact) mass is 360 g/mol. The summed E-state index contributed by atoms with van der Waals surface area (Å²) in [6, 6.07) is 6.20. The molecule has 1 fully saturated rings. The maximum absolute atomic E-state index is 10.2. The number of nitrogens with zero attached hydrogens (tertiary/aromatic N) is 1. The minimum absolute atomic E-state index is 0.204. The molecule has 1 saturated heterocycles. The predicted octanol–water partition coefficient (Wildman–Crippen LogP) is 3.53. The average Bonchev–Trinajstić information content (AvgIpc) is 3.03. The molecule has 5 nitrogen and oxygen atoms in total. The van der Waals surface area contributed by atoms with Crippen molar-refractivity contribution in [1.29, 1.82) is 0 Å². The van der Waals surface area contributed by atoms with Gasteiger partial charge in [-0.2, -0.15) is 0 Å². The third-order valence-electron chi connectivity index (χ3n) is 5.13. The highest BCUT2D eigenvalue weighted by Gasteiger charge is 2.24. The fraction of sp³-hybridized carbons (Fsp3) is 0.619. The third kappa shape index (κ3) is 4.78. The van der Waals surface area contributed by atoms with Crippen LogP contribution >= 0.6 is 0 Å². The Kier molecular flexibility index (Phi) is 5.90. The molecule has 0 saturated carbocycles. The number of fused-ring (bicyclic) bond motifs is 1. The van der Waals surface area contributed by atoms with Crippen molar-refractivity contribution in [3.63, 3.8) is 0 Å². The molecule has 0 spiro atoms. The number of β-amino-alcohol motifs (C(OH)–C–C–N with tert-alkyl or cyclic N) is 1. The molecule has 5 heteroatoms. The number of rotatable bonds is 6. The minimum Gasteiger partial charge on any atom is -0.497 e. The van der Waals surface area contributed by atoms with Crippen LogP contribution in [0.25, 0.3) is 10.9 Å². The summed E-state index contributed by atoms with van der Waals surface area (Å²) in [5.41, 5.74) is 2.35. The topological polar surface area (TPSA) is 57.7 Å². The summed E-state index contributed by atoms with van der Waals surface area (Å²) in [5, 5.41) is 11.5. The lowest BCUT2D eigenvalue weighted by Crippen LogP contribution is -2.40. The third-order valence-corrected chi connectivity index (χ3v) is 5.13. The zero-order chi connectivity index (χ0) is 18.7. The van der Waals surface area contributed by atoms with Gasteiger partial charge in [0.05, 0.1) is 25.4 Å². The van der Waals surface area contributed by atoms with Gasteiger partial charge in [0.25, 0.3) is 0 Å². The Balaban J connectivity index is 1.55. The van der Waals surface area contributed by atoms with E-state index in [4.69, 9.17) is 9.47 Å². The zero-order valence-electron chi connectivity index (χ0n) is 16.4. The highest BCUT2D eigenvalue weighted by Crippen LogP contribution is 2.34. The molecule has 0 amide bonds. The first-order chi connectivity index (χ1) is 12.4. The molecule has 1 unspecified atom stereocenters. The molecule has 144 valence electrons. The van der Waals surface area contributed by atoms with Crippen LogP contribution in [-0.2, 0) is 4.74 Å².